The number of aryl methyl sites for hydroxylation is 1. The van der Waals surface area contributed by atoms with Crippen LogP contribution in [-0.2, 0) is 6.18 Å². The fourth-order valence-corrected chi connectivity index (χ4v) is 4.21. The molecule has 0 saturated carbocycles. The second-order valence-corrected chi connectivity index (χ2v) is 8.45. The van der Waals surface area contributed by atoms with Gasteiger partial charge in [0.2, 0.25) is 0 Å². The number of imidazole rings is 1. The fourth-order valence-electron chi connectivity index (χ4n) is 3.94. The van der Waals surface area contributed by atoms with E-state index >= 15 is 4.39 Å². The normalized spacial score (nSPS) is 12.8. The van der Waals surface area contributed by atoms with Crippen LogP contribution in [0.2, 0.25) is 5.15 Å². The van der Waals surface area contributed by atoms with Gasteiger partial charge in [0.05, 0.1) is 12.2 Å². The molecular formula is C24H22ClF4N5O. The smallest absolute Gasteiger partial charge is 0.433 e. The number of halogens is 5. The summed E-state index contributed by atoms with van der Waals surface area (Å²) in [7, 11) is 0. The Morgan fingerprint density at radius 1 is 1.23 bits per heavy atom. The molecule has 0 unspecified atom stereocenters. The Labute approximate surface area is 203 Å². The summed E-state index contributed by atoms with van der Waals surface area (Å²) in [6.07, 6.45) is 0.208. The van der Waals surface area contributed by atoms with Crippen molar-refractivity contribution in [3.8, 4) is 16.9 Å². The lowest BCUT2D eigenvalue weighted by Crippen LogP contribution is -2.10. The van der Waals surface area contributed by atoms with Gasteiger partial charge in [-0.3, -0.25) is 9.38 Å². The van der Waals surface area contributed by atoms with Crippen LogP contribution in [0.5, 0.6) is 5.75 Å². The molecule has 0 fully saturated rings. The van der Waals surface area contributed by atoms with Crippen molar-refractivity contribution >= 4 is 22.9 Å². The Morgan fingerprint density at radius 2 is 1.97 bits per heavy atom. The lowest BCUT2D eigenvalue weighted by atomic mass is 9.91. The van der Waals surface area contributed by atoms with Crippen LogP contribution in [0.1, 0.15) is 48.8 Å². The minimum Gasteiger partial charge on any atom is -0.493 e. The fraction of sp³-hybridized carbons (Fsp3) is 0.292. The monoisotopic (exact) mass is 507 g/mol. The number of pyridine rings is 1. The number of aromatic nitrogens is 4. The van der Waals surface area contributed by atoms with Gasteiger partial charge in [0, 0.05) is 35.6 Å². The van der Waals surface area contributed by atoms with Crippen LogP contribution in [-0.4, -0.2) is 26.0 Å². The molecule has 184 valence electrons. The summed E-state index contributed by atoms with van der Waals surface area (Å²) < 4.78 is 62.3. The van der Waals surface area contributed by atoms with E-state index in [2.05, 4.69) is 15.0 Å². The molecule has 1 aromatic carbocycles. The summed E-state index contributed by atoms with van der Waals surface area (Å²) in [6, 6.07) is 3.65. The van der Waals surface area contributed by atoms with Crippen molar-refractivity contribution in [1.29, 1.82) is 0 Å². The highest BCUT2D eigenvalue weighted by Crippen LogP contribution is 2.43. The predicted octanol–water partition coefficient (Wildman–Crippen LogP) is 6.43. The van der Waals surface area contributed by atoms with Crippen molar-refractivity contribution in [1.82, 2.24) is 19.4 Å². The van der Waals surface area contributed by atoms with Gasteiger partial charge in [0.15, 0.2) is 11.0 Å². The number of hydrogen-bond acceptors (Lipinski definition) is 5. The van der Waals surface area contributed by atoms with Gasteiger partial charge in [0.25, 0.3) is 0 Å². The van der Waals surface area contributed by atoms with Gasteiger partial charge < -0.3 is 10.5 Å². The maximum absolute atomic E-state index is 15.5. The SMILES string of the molecule is CCCOc1c([C@@H](C)c2nc(Cl)c3c(N)nccn23)cc(C)c(F)c1-c1ccc(C(F)(F)F)nc1. The molecule has 0 radical (unpaired) electrons. The molecular weight excluding hydrogens is 486 g/mol. The molecule has 0 aliphatic heterocycles. The lowest BCUT2D eigenvalue weighted by molar-refractivity contribution is -0.141. The van der Waals surface area contributed by atoms with E-state index in [1.165, 1.54) is 12.3 Å². The van der Waals surface area contributed by atoms with Gasteiger partial charge in [-0.05, 0) is 31.0 Å². The standard InChI is InChI=1S/C24H22ClF4N5O/c1-4-9-35-20-15(13(3)23-33-21(25)19-22(30)31-7-8-34(19)23)10-12(2)18(26)17(20)14-5-6-16(32-11-14)24(27,28)29/h5-8,10-11,13H,4,9H2,1-3H3,(H2,30,31)/t13-/m1/s1. The van der Waals surface area contributed by atoms with Gasteiger partial charge in [-0.25, -0.2) is 14.4 Å². The van der Waals surface area contributed by atoms with Crippen LogP contribution < -0.4 is 10.5 Å². The van der Waals surface area contributed by atoms with E-state index in [1.54, 1.807) is 23.6 Å². The van der Waals surface area contributed by atoms with Crippen molar-refractivity contribution in [3.63, 3.8) is 0 Å². The van der Waals surface area contributed by atoms with E-state index in [9.17, 15) is 13.2 Å². The maximum atomic E-state index is 15.5. The number of anilines is 1. The first-order chi connectivity index (χ1) is 16.5. The Balaban J connectivity index is 1.93. The van der Waals surface area contributed by atoms with Crippen molar-refractivity contribution in [2.45, 2.75) is 39.3 Å². The molecule has 3 aromatic heterocycles. The highest BCUT2D eigenvalue weighted by atomic mass is 35.5. The molecule has 11 heteroatoms. The van der Waals surface area contributed by atoms with Crippen LogP contribution in [0.3, 0.4) is 0 Å². The van der Waals surface area contributed by atoms with E-state index in [-0.39, 0.29) is 34.5 Å². The van der Waals surface area contributed by atoms with Crippen LogP contribution in [0.25, 0.3) is 16.6 Å². The number of ether oxygens (including phenoxy) is 1. The number of benzene rings is 1. The summed E-state index contributed by atoms with van der Waals surface area (Å²) in [5, 5.41) is 0.166. The minimum atomic E-state index is -4.61. The third-order valence-electron chi connectivity index (χ3n) is 5.64. The molecule has 0 aliphatic carbocycles. The predicted molar refractivity (Wildman–Crippen MR) is 125 cm³/mol. The Bertz CT molecular complexity index is 1390. The first kappa shape index (κ1) is 24.7. The highest BCUT2D eigenvalue weighted by Gasteiger charge is 2.33. The molecule has 2 N–H and O–H groups in total. The molecule has 4 aromatic rings. The van der Waals surface area contributed by atoms with Gasteiger partial charge in [0.1, 0.15) is 28.6 Å². The molecule has 0 spiro atoms. The lowest BCUT2D eigenvalue weighted by Gasteiger charge is -2.22. The average molecular weight is 508 g/mol. The molecule has 0 saturated heterocycles. The quantitative estimate of drug-likeness (QED) is 0.304. The van der Waals surface area contributed by atoms with Crippen LogP contribution in [0, 0.1) is 12.7 Å². The molecule has 6 nitrogen and oxygen atoms in total. The van der Waals surface area contributed by atoms with E-state index in [1.807, 2.05) is 13.8 Å². The van der Waals surface area contributed by atoms with Crippen molar-refractivity contribution in [3.05, 3.63) is 70.4 Å². The molecule has 0 bridgehead atoms. The van der Waals surface area contributed by atoms with Gasteiger partial charge in [-0.15, -0.1) is 0 Å². The Kier molecular flexibility index (Phi) is 6.59. The van der Waals surface area contributed by atoms with Crippen LogP contribution >= 0.6 is 11.6 Å². The summed E-state index contributed by atoms with van der Waals surface area (Å²) in [6.45, 7) is 5.59. The van der Waals surface area contributed by atoms with E-state index < -0.39 is 23.6 Å². The zero-order valence-electron chi connectivity index (χ0n) is 19.1. The topological polar surface area (TPSA) is 78.3 Å². The van der Waals surface area contributed by atoms with Crippen molar-refractivity contribution in [2.75, 3.05) is 12.3 Å². The molecule has 35 heavy (non-hydrogen) atoms. The average Bonchev–Trinajstić information content (AvgIpc) is 3.16. The number of nitrogen functional groups attached to an aromatic ring is 1. The number of nitrogens with zero attached hydrogens (tertiary/aromatic N) is 4. The molecule has 3 heterocycles. The Hall–Kier alpha value is -3.40. The summed E-state index contributed by atoms with van der Waals surface area (Å²) in [5.74, 6) is -0.128. The third-order valence-corrected chi connectivity index (χ3v) is 5.91. The van der Waals surface area contributed by atoms with E-state index in [0.717, 1.165) is 12.3 Å². The number of alkyl halides is 3. The summed E-state index contributed by atoms with van der Waals surface area (Å²) >= 11 is 6.33. The number of rotatable bonds is 6. The molecule has 4 rings (SSSR count). The highest BCUT2D eigenvalue weighted by molar-refractivity contribution is 6.33. The van der Waals surface area contributed by atoms with Gasteiger partial charge >= 0.3 is 6.18 Å². The zero-order valence-corrected chi connectivity index (χ0v) is 19.9. The summed E-state index contributed by atoms with van der Waals surface area (Å²) in [4.78, 5) is 12.0. The Morgan fingerprint density at radius 3 is 2.60 bits per heavy atom. The number of fused-ring (bicyclic) bond motifs is 1. The first-order valence-electron chi connectivity index (χ1n) is 10.8. The van der Waals surface area contributed by atoms with Gasteiger partial charge in [-0.2, -0.15) is 13.2 Å². The maximum Gasteiger partial charge on any atom is 0.433 e. The minimum absolute atomic E-state index is 0.0367. The van der Waals surface area contributed by atoms with Crippen molar-refractivity contribution < 1.29 is 22.3 Å². The third kappa shape index (κ3) is 4.50. The van der Waals surface area contributed by atoms with Crippen LogP contribution in [0.4, 0.5) is 23.4 Å². The second-order valence-electron chi connectivity index (χ2n) is 8.09. The molecule has 0 amide bonds. The first-order valence-corrected chi connectivity index (χ1v) is 11.2. The van der Waals surface area contributed by atoms with Gasteiger partial charge in [-0.1, -0.05) is 31.5 Å². The number of nitrogens with two attached hydrogens (primary N) is 1. The van der Waals surface area contributed by atoms with E-state index in [0.29, 0.717) is 28.9 Å². The second kappa shape index (κ2) is 9.33. The summed E-state index contributed by atoms with van der Waals surface area (Å²) in [5.41, 5.74) is 6.43. The number of hydrogen-bond donors (Lipinski definition) is 1. The molecule has 0 aliphatic rings. The largest absolute Gasteiger partial charge is 0.493 e. The zero-order chi connectivity index (χ0) is 25.5. The van der Waals surface area contributed by atoms with Crippen molar-refractivity contribution in [2.24, 2.45) is 0 Å². The van der Waals surface area contributed by atoms with Crippen LogP contribution in [0.15, 0.2) is 36.8 Å². The van der Waals surface area contributed by atoms with E-state index in [4.69, 9.17) is 22.1 Å². The molecule has 1 atom stereocenters.